The second kappa shape index (κ2) is 5.60. The molecule has 0 aliphatic carbocycles. The minimum absolute atomic E-state index is 0.0746. The van der Waals surface area contributed by atoms with Gasteiger partial charge in [-0.3, -0.25) is 14.5 Å². The zero-order valence-electron chi connectivity index (χ0n) is 10.2. The smallest absolute Gasteiger partial charge is 0.262 e. The predicted molar refractivity (Wildman–Crippen MR) is 61.6 cm³/mol. The molecule has 3 atom stereocenters. The number of rotatable bonds is 5. The van der Waals surface area contributed by atoms with Crippen LogP contribution in [-0.4, -0.2) is 60.4 Å². The van der Waals surface area contributed by atoms with Crippen molar-refractivity contribution in [2.45, 2.75) is 19.1 Å². The molecule has 18 heavy (non-hydrogen) atoms. The lowest BCUT2D eigenvalue weighted by Crippen LogP contribution is -2.45. The molecule has 0 saturated carbocycles. The summed E-state index contributed by atoms with van der Waals surface area (Å²) >= 11 is 0. The number of fused-ring (bicyclic) bond motifs is 2. The first-order valence-corrected chi connectivity index (χ1v) is 6.02. The summed E-state index contributed by atoms with van der Waals surface area (Å²) in [5, 5.41) is 8.58. The summed E-state index contributed by atoms with van der Waals surface area (Å²) in [6, 6.07) is 0. The van der Waals surface area contributed by atoms with Crippen molar-refractivity contribution in [3.8, 4) is 0 Å². The Morgan fingerprint density at radius 1 is 1.33 bits per heavy atom. The van der Waals surface area contributed by atoms with Crippen LogP contribution in [0.25, 0.3) is 0 Å². The van der Waals surface area contributed by atoms with Crippen molar-refractivity contribution < 1.29 is 24.2 Å². The predicted octanol–water partition coefficient (Wildman–Crippen LogP) is -0.676. The molecule has 0 aromatic heterocycles. The third-order valence-electron chi connectivity index (χ3n) is 3.13. The lowest BCUT2D eigenvalue weighted by atomic mass is 10.0. The molecule has 2 heterocycles. The number of imide groups is 1. The summed E-state index contributed by atoms with van der Waals surface area (Å²) in [4.78, 5) is 25.3. The van der Waals surface area contributed by atoms with E-state index in [0.717, 1.165) is 0 Å². The summed E-state index contributed by atoms with van der Waals surface area (Å²) in [5.41, 5.74) is 0. The highest BCUT2D eigenvalue weighted by molar-refractivity contribution is 6.00. The van der Waals surface area contributed by atoms with Crippen LogP contribution in [0, 0.1) is 5.92 Å². The van der Waals surface area contributed by atoms with Crippen LogP contribution in [0.3, 0.4) is 0 Å². The fourth-order valence-corrected chi connectivity index (χ4v) is 2.09. The van der Waals surface area contributed by atoms with Crippen molar-refractivity contribution in [3.63, 3.8) is 0 Å². The Bertz CT molecular complexity index is 367. The first kappa shape index (κ1) is 13.2. The number of carbonyl (C=O) groups is 2. The first-order valence-electron chi connectivity index (χ1n) is 6.02. The van der Waals surface area contributed by atoms with Crippen molar-refractivity contribution in [2.75, 3.05) is 26.4 Å². The highest BCUT2D eigenvalue weighted by Crippen LogP contribution is 2.26. The van der Waals surface area contributed by atoms with E-state index < -0.39 is 6.10 Å². The number of carbonyl (C=O) groups excluding carboxylic acids is 2. The zero-order valence-corrected chi connectivity index (χ0v) is 10.2. The Morgan fingerprint density at radius 2 is 2.11 bits per heavy atom. The Morgan fingerprint density at radius 3 is 2.83 bits per heavy atom. The van der Waals surface area contributed by atoms with Crippen molar-refractivity contribution in [2.24, 2.45) is 5.92 Å². The molecule has 1 fully saturated rings. The molecule has 0 aromatic rings. The second-order valence-electron chi connectivity index (χ2n) is 4.36. The Labute approximate surface area is 105 Å². The molecule has 2 aliphatic rings. The van der Waals surface area contributed by atoms with Gasteiger partial charge >= 0.3 is 0 Å². The average molecular weight is 255 g/mol. The Kier molecular flexibility index (Phi) is 4.11. The van der Waals surface area contributed by atoms with Crippen LogP contribution >= 0.6 is 0 Å². The van der Waals surface area contributed by atoms with Crippen molar-refractivity contribution >= 4 is 11.8 Å². The molecule has 6 heteroatoms. The van der Waals surface area contributed by atoms with Crippen molar-refractivity contribution in [3.05, 3.63) is 12.2 Å². The number of ether oxygens (including phenoxy) is 2. The topological polar surface area (TPSA) is 76.1 Å². The van der Waals surface area contributed by atoms with E-state index in [9.17, 15) is 9.59 Å². The van der Waals surface area contributed by atoms with Crippen LogP contribution in [0.15, 0.2) is 12.2 Å². The second-order valence-corrected chi connectivity index (χ2v) is 4.36. The van der Waals surface area contributed by atoms with E-state index in [4.69, 9.17) is 14.6 Å². The van der Waals surface area contributed by atoms with Crippen LogP contribution in [0.1, 0.15) is 6.92 Å². The van der Waals surface area contributed by atoms with Gasteiger partial charge in [-0.05, 0) is 6.08 Å². The molecular weight excluding hydrogens is 238 g/mol. The zero-order chi connectivity index (χ0) is 13.1. The van der Waals surface area contributed by atoms with Gasteiger partial charge in [-0.2, -0.15) is 0 Å². The number of nitrogens with zero attached hydrogens (tertiary/aromatic N) is 1. The van der Waals surface area contributed by atoms with E-state index in [0.29, 0.717) is 0 Å². The van der Waals surface area contributed by atoms with Crippen LogP contribution in [-0.2, 0) is 19.1 Å². The lowest BCUT2D eigenvalue weighted by molar-refractivity contribution is -0.148. The van der Waals surface area contributed by atoms with Gasteiger partial charge in [-0.1, -0.05) is 13.0 Å². The van der Waals surface area contributed by atoms with E-state index in [1.165, 1.54) is 4.90 Å². The van der Waals surface area contributed by atoms with E-state index in [1.54, 1.807) is 19.1 Å². The van der Waals surface area contributed by atoms with Crippen molar-refractivity contribution in [1.82, 2.24) is 4.90 Å². The van der Waals surface area contributed by atoms with Gasteiger partial charge in [-0.25, -0.2) is 0 Å². The summed E-state index contributed by atoms with van der Waals surface area (Å²) in [6.45, 7) is 2.30. The summed E-state index contributed by atoms with van der Waals surface area (Å²) in [5.74, 6) is -0.935. The Balaban J connectivity index is 2.01. The molecule has 2 bridgehead atoms. The van der Waals surface area contributed by atoms with E-state index in [1.807, 2.05) is 0 Å². The normalized spacial score (nSPS) is 31.0. The van der Waals surface area contributed by atoms with Crippen LogP contribution in [0.5, 0.6) is 0 Å². The number of hydrogen-bond donors (Lipinski definition) is 1. The summed E-state index contributed by atoms with van der Waals surface area (Å²) < 4.78 is 10.6. The van der Waals surface area contributed by atoms with Gasteiger partial charge in [0.2, 0.25) is 5.91 Å². The Hall–Kier alpha value is -1.24. The molecule has 2 rings (SSSR count). The highest BCUT2D eigenvalue weighted by Gasteiger charge is 2.42. The summed E-state index contributed by atoms with van der Waals surface area (Å²) in [6.07, 6.45) is 2.50. The largest absolute Gasteiger partial charge is 0.394 e. The molecule has 100 valence electrons. The molecule has 1 N–H and O–H groups in total. The van der Waals surface area contributed by atoms with Gasteiger partial charge in [0.25, 0.3) is 5.91 Å². The van der Waals surface area contributed by atoms with Gasteiger partial charge in [-0.15, -0.1) is 0 Å². The fraction of sp³-hybridized carbons (Fsp3) is 0.667. The maximum Gasteiger partial charge on any atom is 0.262 e. The average Bonchev–Trinajstić information content (AvgIpc) is 2.83. The van der Waals surface area contributed by atoms with Gasteiger partial charge in [0.05, 0.1) is 38.4 Å². The molecule has 6 nitrogen and oxygen atoms in total. The van der Waals surface area contributed by atoms with Gasteiger partial charge in [0.15, 0.2) is 6.10 Å². The quantitative estimate of drug-likeness (QED) is 0.400. The SMILES string of the molecule is CC1C(=O)N(CCOCCO)C(=O)C2C=CC1O2. The molecule has 2 amide bonds. The molecule has 0 radical (unpaired) electrons. The van der Waals surface area contributed by atoms with Gasteiger partial charge < -0.3 is 14.6 Å². The number of hydrogen-bond acceptors (Lipinski definition) is 5. The molecule has 2 aliphatic heterocycles. The van der Waals surface area contributed by atoms with Crippen LogP contribution < -0.4 is 0 Å². The highest BCUT2D eigenvalue weighted by atomic mass is 16.5. The van der Waals surface area contributed by atoms with Crippen LogP contribution in [0.2, 0.25) is 0 Å². The molecule has 0 aromatic carbocycles. The third kappa shape index (κ3) is 2.45. The minimum Gasteiger partial charge on any atom is -0.394 e. The maximum atomic E-state index is 12.1. The maximum absolute atomic E-state index is 12.1. The number of aliphatic hydroxyl groups excluding tert-OH is 1. The van der Waals surface area contributed by atoms with E-state index in [-0.39, 0.29) is 50.2 Å². The third-order valence-corrected chi connectivity index (χ3v) is 3.13. The monoisotopic (exact) mass is 255 g/mol. The summed E-state index contributed by atoms with van der Waals surface area (Å²) in [7, 11) is 0. The lowest BCUT2D eigenvalue weighted by Gasteiger charge is -2.23. The van der Waals surface area contributed by atoms with Gasteiger partial charge in [0.1, 0.15) is 0 Å². The fourth-order valence-electron chi connectivity index (χ4n) is 2.09. The van der Waals surface area contributed by atoms with Crippen LogP contribution in [0.4, 0.5) is 0 Å². The number of amides is 2. The minimum atomic E-state index is -0.651. The van der Waals surface area contributed by atoms with E-state index in [2.05, 4.69) is 0 Å². The van der Waals surface area contributed by atoms with E-state index >= 15 is 0 Å². The molecule has 3 unspecified atom stereocenters. The molecule has 1 saturated heterocycles. The molecular formula is C12H17NO5. The van der Waals surface area contributed by atoms with Gasteiger partial charge in [0, 0.05) is 0 Å². The van der Waals surface area contributed by atoms with Crippen molar-refractivity contribution in [1.29, 1.82) is 0 Å². The first-order chi connectivity index (χ1) is 8.65. The number of aliphatic hydroxyl groups is 1. The molecule has 0 spiro atoms. The standard InChI is InChI=1S/C12H17NO5/c1-8-9-2-3-10(18-9)12(16)13(11(8)15)4-6-17-7-5-14/h2-3,8-10,14H,4-7H2,1H3.